The Morgan fingerprint density at radius 3 is 2.83 bits per heavy atom. The van der Waals surface area contributed by atoms with Crippen LogP contribution in [0.15, 0.2) is 61.1 Å². The van der Waals surface area contributed by atoms with E-state index in [-0.39, 0.29) is 6.03 Å². The van der Waals surface area contributed by atoms with E-state index in [0.717, 1.165) is 11.5 Å². The zero-order valence-corrected chi connectivity index (χ0v) is 13.6. The van der Waals surface area contributed by atoms with Gasteiger partial charge in [0.05, 0.1) is 0 Å². The number of benzene rings is 1. The number of hydrogen-bond acceptors (Lipinski definition) is 3. The molecule has 0 spiro atoms. The largest absolute Gasteiger partial charge is 0.336 e. The molecule has 0 unspecified atom stereocenters. The highest BCUT2D eigenvalue weighted by Gasteiger charge is 2.07. The zero-order chi connectivity index (χ0) is 16.8. The number of amides is 2. The fraction of sp³-hybridized carbons (Fsp3) is 0.118. The lowest BCUT2D eigenvalue weighted by Gasteiger charge is -2.10. The molecule has 0 aliphatic carbocycles. The van der Waals surface area contributed by atoms with Gasteiger partial charge in [-0.05, 0) is 30.3 Å². The number of nitrogens with one attached hydrogen (secondary N) is 2. The molecule has 24 heavy (non-hydrogen) atoms. The van der Waals surface area contributed by atoms with Crippen LogP contribution in [-0.4, -0.2) is 27.1 Å². The lowest BCUT2D eigenvalue weighted by Crippen LogP contribution is -2.31. The molecule has 0 aliphatic heterocycles. The molecule has 0 bridgehead atoms. The molecule has 0 radical (unpaired) electrons. The molecule has 2 N–H and O–H groups in total. The molecule has 2 heterocycles. The lowest BCUT2D eigenvalue weighted by molar-refractivity contribution is 0.251. The van der Waals surface area contributed by atoms with Crippen molar-refractivity contribution < 1.29 is 4.79 Å². The first-order chi connectivity index (χ1) is 11.7. The van der Waals surface area contributed by atoms with E-state index in [2.05, 4.69) is 20.6 Å². The molecule has 3 aromatic rings. The summed E-state index contributed by atoms with van der Waals surface area (Å²) in [6.45, 7) is 1.05. The molecule has 0 saturated heterocycles. The molecule has 0 aliphatic rings. The van der Waals surface area contributed by atoms with E-state index >= 15 is 0 Å². The molecule has 6 nitrogen and oxygen atoms in total. The Morgan fingerprint density at radius 2 is 2.04 bits per heavy atom. The molecule has 0 saturated carbocycles. The zero-order valence-electron chi connectivity index (χ0n) is 12.8. The van der Waals surface area contributed by atoms with Crippen molar-refractivity contribution in [2.75, 3.05) is 11.9 Å². The highest BCUT2D eigenvalue weighted by Crippen LogP contribution is 2.15. The number of anilines is 1. The van der Waals surface area contributed by atoms with Crippen molar-refractivity contribution in [2.45, 2.75) is 6.54 Å². The number of pyridine rings is 1. The van der Waals surface area contributed by atoms with Crippen LogP contribution in [0.4, 0.5) is 10.5 Å². The van der Waals surface area contributed by atoms with Gasteiger partial charge in [0.25, 0.3) is 0 Å². The lowest BCUT2D eigenvalue weighted by atomic mass is 10.3. The molecular formula is C17H16ClN5O. The number of hydrogen-bond donors (Lipinski definition) is 2. The molecule has 122 valence electrons. The summed E-state index contributed by atoms with van der Waals surface area (Å²) in [5, 5.41) is 6.12. The van der Waals surface area contributed by atoms with Gasteiger partial charge in [-0.2, -0.15) is 0 Å². The summed E-state index contributed by atoms with van der Waals surface area (Å²) in [5.74, 6) is 0.771. The third-order valence-electron chi connectivity index (χ3n) is 3.33. The third-order valence-corrected chi connectivity index (χ3v) is 3.57. The minimum absolute atomic E-state index is 0.281. The number of imidazole rings is 1. The van der Waals surface area contributed by atoms with E-state index in [1.807, 2.05) is 29.0 Å². The summed E-state index contributed by atoms with van der Waals surface area (Å²) in [7, 11) is 0. The summed E-state index contributed by atoms with van der Waals surface area (Å²) in [5.41, 5.74) is 1.45. The van der Waals surface area contributed by atoms with Gasteiger partial charge < -0.3 is 15.2 Å². The van der Waals surface area contributed by atoms with Gasteiger partial charge in [-0.1, -0.05) is 23.7 Å². The number of carbonyl (C=O) groups excluding carboxylic acids is 1. The van der Waals surface area contributed by atoms with Gasteiger partial charge >= 0.3 is 6.03 Å². The van der Waals surface area contributed by atoms with Crippen molar-refractivity contribution in [1.29, 1.82) is 0 Å². The predicted molar refractivity (Wildman–Crippen MR) is 93.9 cm³/mol. The normalized spacial score (nSPS) is 10.4. The monoisotopic (exact) mass is 341 g/mol. The van der Waals surface area contributed by atoms with Crippen molar-refractivity contribution >= 4 is 23.3 Å². The Bertz CT molecular complexity index is 819. The number of carbonyl (C=O) groups is 1. The van der Waals surface area contributed by atoms with Crippen LogP contribution in [-0.2, 0) is 6.54 Å². The first-order valence-electron chi connectivity index (χ1n) is 7.45. The van der Waals surface area contributed by atoms with Crippen LogP contribution < -0.4 is 10.6 Å². The summed E-state index contributed by atoms with van der Waals surface area (Å²) in [6, 6.07) is 12.4. The van der Waals surface area contributed by atoms with E-state index in [1.54, 1.807) is 36.7 Å². The molecular weight excluding hydrogens is 326 g/mol. The molecule has 2 aromatic heterocycles. The molecule has 7 heteroatoms. The van der Waals surface area contributed by atoms with Gasteiger partial charge in [0.2, 0.25) is 0 Å². The highest BCUT2D eigenvalue weighted by molar-refractivity contribution is 6.30. The van der Waals surface area contributed by atoms with Gasteiger partial charge in [-0.15, -0.1) is 0 Å². The summed E-state index contributed by atoms with van der Waals surface area (Å²) in [4.78, 5) is 20.5. The van der Waals surface area contributed by atoms with Gasteiger partial charge in [0, 0.05) is 42.4 Å². The van der Waals surface area contributed by atoms with E-state index in [4.69, 9.17) is 11.6 Å². The number of halogens is 1. The Balaban J connectivity index is 1.54. The predicted octanol–water partition coefficient (Wildman–Crippen LogP) is 3.42. The van der Waals surface area contributed by atoms with Gasteiger partial charge in [0.15, 0.2) is 5.82 Å². The summed E-state index contributed by atoms with van der Waals surface area (Å²) in [6.07, 6.45) is 5.31. The Hall–Kier alpha value is -2.86. The molecule has 1 aromatic carbocycles. The van der Waals surface area contributed by atoms with Crippen LogP contribution in [0.1, 0.15) is 0 Å². The third kappa shape index (κ3) is 4.11. The van der Waals surface area contributed by atoms with E-state index in [0.29, 0.717) is 23.8 Å². The number of urea groups is 1. The van der Waals surface area contributed by atoms with Crippen LogP contribution in [0.5, 0.6) is 0 Å². The summed E-state index contributed by atoms with van der Waals surface area (Å²) < 4.78 is 1.95. The Morgan fingerprint density at radius 1 is 1.12 bits per heavy atom. The molecule has 3 rings (SSSR count). The fourth-order valence-electron chi connectivity index (χ4n) is 2.25. The van der Waals surface area contributed by atoms with Crippen molar-refractivity contribution in [3.63, 3.8) is 0 Å². The average molecular weight is 342 g/mol. The highest BCUT2D eigenvalue weighted by atomic mass is 35.5. The number of nitrogens with zero attached hydrogens (tertiary/aromatic N) is 3. The Kier molecular flexibility index (Phi) is 5.08. The van der Waals surface area contributed by atoms with Crippen molar-refractivity contribution in [3.05, 3.63) is 66.1 Å². The van der Waals surface area contributed by atoms with Crippen molar-refractivity contribution in [3.8, 4) is 11.5 Å². The Labute approximate surface area is 144 Å². The van der Waals surface area contributed by atoms with Gasteiger partial charge in [-0.3, -0.25) is 4.98 Å². The van der Waals surface area contributed by atoms with Gasteiger partial charge in [-0.25, -0.2) is 9.78 Å². The minimum Gasteiger partial charge on any atom is -0.336 e. The van der Waals surface area contributed by atoms with E-state index in [1.165, 1.54) is 0 Å². The number of rotatable bonds is 5. The van der Waals surface area contributed by atoms with Crippen LogP contribution in [0.3, 0.4) is 0 Å². The standard InChI is InChI=1S/C17H16ClN5O/c18-13-4-3-5-14(12-13)22-17(24)21-9-11-23-10-8-20-16(23)15-6-1-2-7-19-15/h1-8,10,12H,9,11H2,(H2,21,22,24). The maximum atomic E-state index is 11.9. The minimum atomic E-state index is -0.281. The topological polar surface area (TPSA) is 71.8 Å². The van der Waals surface area contributed by atoms with Crippen molar-refractivity contribution in [2.24, 2.45) is 0 Å². The maximum Gasteiger partial charge on any atom is 0.319 e. The van der Waals surface area contributed by atoms with E-state index in [9.17, 15) is 4.79 Å². The first-order valence-corrected chi connectivity index (χ1v) is 7.83. The second-order valence-corrected chi connectivity index (χ2v) is 5.49. The van der Waals surface area contributed by atoms with Crippen LogP contribution in [0.25, 0.3) is 11.5 Å². The second kappa shape index (κ2) is 7.61. The average Bonchev–Trinajstić information content (AvgIpc) is 3.04. The molecule has 0 atom stereocenters. The smallest absolute Gasteiger partial charge is 0.319 e. The fourth-order valence-corrected chi connectivity index (χ4v) is 2.44. The quantitative estimate of drug-likeness (QED) is 0.747. The second-order valence-electron chi connectivity index (χ2n) is 5.05. The van der Waals surface area contributed by atoms with Crippen LogP contribution in [0, 0.1) is 0 Å². The number of aromatic nitrogens is 3. The molecule has 2 amide bonds. The van der Waals surface area contributed by atoms with Gasteiger partial charge in [0.1, 0.15) is 5.69 Å². The first kappa shape index (κ1) is 16.0. The van der Waals surface area contributed by atoms with Crippen molar-refractivity contribution in [1.82, 2.24) is 19.9 Å². The van der Waals surface area contributed by atoms with Crippen LogP contribution in [0.2, 0.25) is 5.02 Å². The maximum absolute atomic E-state index is 11.9. The van der Waals surface area contributed by atoms with Crippen LogP contribution >= 0.6 is 11.6 Å². The van der Waals surface area contributed by atoms with E-state index < -0.39 is 0 Å². The summed E-state index contributed by atoms with van der Waals surface area (Å²) >= 11 is 5.89. The molecule has 0 fully saturated rings. The SMILES string of the molecule is O=C(NCCn1ccnc1-c1ccccn1)Nc1cccc(Cl)c1.